The molecule has 2 aliphatic rings. The van der Waals surface area contributed by atoms with Crippen LogP contribution in [0.4, 0.5) is 0 Å². The van der Waals surface area contributed by atoms with Gasteiger partial charge in [-0.25, -0.2) is 0 Å². The number of carbonyl (C=O) groups excluding carboxylic acids is 1. The Morgan fingerprint density at radius 2 is 1.83 bits per heavy atom. The second-order valence-corrected chi connectivity index (χ2v) is 7.41. The molecule has 2 saturated heterocycles. The highest BCUT2D eigenvalue weighted by Crippen LogP contribution is 2.14. The Hall–Kier alpha value is -0.870. The van der Waals surface area contributed by atoms with Gasteiger partial charge in [-0.3, -0.25) is 9.69 Å². The zero-order valence-corrected chi connectivity index (χ0v) is 15.2. The summed E-state index contributed by atoms with van der Waals surface area (Å²) in [7, 11) is 0. The molecule has 23 heavy (non-hydrogen) atoms. The zero-order valence-electron chi connectivity index (χ0n) is 15.2. The van der Waals surface area contributed by atoms with Crippen molar-refractivity contribution < 1.29 is 4.79 Å². The number of hydrogen-bond donors (Lipinski definition) is 0. The van der Waals surface area contributed by atoms with Crippen LogP contribution in [0.25, 0.3) is 0 Å². The lowest BCUT2D eigenvalue weighted by molar-refractivity contribution is -0.130. The van der Waals surface area contributed by atoms with E-state index in [1.165, 1.54) is 37.9 Å². The molecule has 4 heteroatoms. The van der Waals surface area contributed by atoms with E-state index < -0.39 is 0 Å². The highest BCUT2D eigenvalue weighted by Gasteiger charge is 2.24. The van der Waals surface area contributed by atoms with Crippen LogP contribution in [0.15, 0.2) is 12.2 Å². The third-order valence-corrected chi connectivity index (χ3v) is 5.37. The molecule has 2 heterocycles. The molecule has 1 atom stereocenters. The number of hydrogen-bond acceptors (Lipinski definition) is 3. The summed E-state index contributed by atoms with van der Waals surface area (Å²) in [6.07, 6.45) is 6.93. The van der Waals surface area contributed by atoms with E-state index in [1.807, 2.05) is 0 Å². The number of nitrogens with zero attached hydrogens (tertiary/aromatic N) is 3. The molecular weight excluding hydrogens is 286 g/mol. The first kappa shape index (κ1) is 18.5. The molecule has 0 bridgehead atoms. The van der Waals surface area contributed by atoms with Crippen molar-refractivity contribution in [3.05, 3.63) is 12.2 Å². The van der Waals surface area contributed by atoms with Crippen molar-refractivity contribution in [2.75, 3.05) is 45.8 Å². The van der Waals surface area contributed by atoms with Crippen molar-refractivity contribution in [2.45, 2.75) is 58.4 Å². The molecule has 0 aromatic heterocycles. The lowest BCUT2D eigenvalue weighted by Gasteiger charge is -2.30. The molecule has 0 saturated carbocycles. The van der Waals surface area contributed by atoms with Gasteiger partial charge in [0.2, 0.25) is 5.91 Å². The lowest BCUT2D eigenvalue weighted by atomic mass is 10.1. The number of carbonyl (C=O) groups is 1. The van der Waals surface area contributed by atoms with Gasteiger partial charge in [-0.15, -0.1) is 6.58 Å². The van der Waals surface area contributed by atoms with E-state index in [9.17, 15) is 4.79 Å². The topological polar surface area (TPSA) is 26.8 Å². The molecule has 2 rings (SSSR count). The zero-order chi connectivity index (χ0) is 16.7. The van der Waals surface area contributed by atoms with Crippen molar-refractivity contribution in [1.82, 2.24) is 14.7 Å². The minimum absolute atomic E-state index is 0.344. The molecule has 4 nitrogen and oxygen atoms in total. The third kappa shape index (κ3) is 6.27. The molecule has 0 aliphatic carbocycles. The number of piperidine rings is 1. The van der Waals surface area contributed by atoms with Crippen LogP contribution in [-0.2, 0) is 4.79 Å². The average Bonchev–Trinajstić information content (AvgIpc) is 2.73. The summed E-state index contributed by atoms with van der Waals surface area (Å²) in [4.78, 5) is 19.5. The maximum absolute atomic E-state index is 12.4. The Bertz CT molecular complexity index is 390. The fourth-order valence-electron chi connectivity index (χ4n) is 3.64. The summed E-state index contributed by atoms with van der Waals surface area (Å²) in [5.41, 5.74) is 1.26. The van der Waals surface area contributed by atoms with E-state index in [2.05, 4.69) is 35.1 Å². The van der Waals surface area contributed by atoms with Crippen LogP contribution in [0.1, 0.15) is 52.4 Å². The van der Waals surface area contributed by atoms with E-state index in [-0.39, 0.29) is 0 Å². The molecule has 0 radical (unpaired) electrons. The monoisotopic (exact) mass is 321 g/mol. The summed E-state index contributed by atoms with van der Waals surface area (Å²) in [5.74, 6) is 0.344. The first-order valence-electron chi connectivity index (χ1n) is 9.45. The Morgan fingerprint density at radius 3 is 2.52 bits per heavy atom. The van der Waals surface area contributed by atoms with Crippen LogP contribution >= 0.6 is 0 Å². The summed E-state index contributed by atoms with van der Waals surface area (Å²) >= 11 is 0. The van der Waals surface area contributed by atoms with Gasteiger partial charge in [-0.2, -0.15) is 0 Å². The number of rotatable bonds is 7. The van der Waals surface area contributed by atoms with Gasteiger partial charge in [0.05, 0.1) is 0 Å². The molecule has 2 aliphatic heterocycles. The van der Waals surface area contributed by atoms with Crippen molar-refractivity contribution in [1.29, 1.82) is 0 Å². The highest BCUT2D eigenvalue weighted by molar-refractivity contribution is 5.76. The first-order valence-corrected chi connectivity index (χ1v) is 9.45. The Kier molecular flexibility index (Phi) is 7.57. The summed E-state index contributed by atoms with van der Waals surface area (Å²) in [6.45, 7) is 15.6. The lowest BCUT2D eigenvalue weighted by Crippen LogP contribution is -2.41. The second-order valence-electron chi connectivity index (χ2n) is 7.41. The van der Waals surface area contributed by atoms with E-state index >= 15 is 0 Å². The van der Waals surface area contributed by atoms with Crippen molar-refractivity contribution in [2.24, 2.45) is 0 Å². The minimum Gasteiger partial charge on any atom is -0.340 e. The SMILES string of the molecule is C=C(C)CC[C@@H](C)N1CCC(=O)N(CCN2CCCCC2)CC1. The van der Waals surface area contributed by atoms with Gasteiger partial charge in [0, 0.05) is 45.2 Å². The Balaban J connectivity index is 1.75. The molecule has 0 aromatic carbocycles. The van der Waals surface area contributed by atoms with Crippen LogP contribution in [0, 0.1) is 0 Å². The molecule has 0 aromatic rings. The van der Waals surface area contributed by atoms with Crippen LogP contribution < -0.4 is 0 Å². The minimum atomic E-state index is 0.344. The molecular formula is C19H35N3O. The van der Waals surface area contributed by atoms with Gasteiger partial charge >= 0.3 is 0 Å². The van der Waals surface area contributed by atoms with Gasteiger partial charge in [0.25, 0.3) is 0 Å². The summed E-state index contributed by atoms with van der Waals surface area (Å²) in [6, 6.07) is 0.543. The maximum Gasteiger partial charge on any atom is 0.223 e. The molecule has 2 fully saturated rings. The Morgan fingerprint density at radius 1 is 1.09 bits per heavy atom. The van der Waals surface area contributed by atoms with Crippen LogP contribution in [0.3, 0.4) is 0 Å². The second kappa shape index (κ2) is 9.43. The van der Waals surface area contributed by atoms with Gasteiger partial charge < -0.3 is 9.80 Å². The van der Waals surface area contributed by atoms with E-state index in [0.717, 1.165) is 45.6 Å². The molecule has 0 N–H and O–H groups in total. The Labute approximate surface area is 142 Å². The normalized spacial score (nSPS) is 22.9. The highest BCUT2D eigenvalue weighted by atomic mass is 16.2. The first-order chi connectivity index (χ1) is 11.1. The molecule has 0 spiro atoms. The summed E-state index contributed by atoms with van der Waals surface area (Å²) < 4.78 is 0. The maximum atomic E-state index is 12.4. The van der Waals surface area contributed by atoms with Crippen molar-refractivity contribution in [3.8, 4) is 0 Å². The molecule has 132 valence electrons. The summed E-state index contributed by atoms with van der Waals surface area (Å²) in [5, 5.41) is 0. The van der Waals surface area contributed by atoms with Crippen LogP contribution in [0.5, 0.6) is 0 Å². The van der Waals surface area contributed by atoms with Gasteiger partial charge in [0.15, 0.2) is 0 Å². The van der Waals surface area contributed by atoms with Gasteiger partial charge in [0.1, 0.15) is 0 Å². The number of amides is 1. The third-order valence-electron chi connectivity index (χ3n) is 5.37. The van der Waals surface area contributed by atoms with Crippen molar-refractivity contribution in [3.63, 3.8) is 0 Å². The quantitative estimate of drug-likeness (QED) is 0.675. The van der Waals surface area contributed by atoms with Gasteiger partial charge in [-0.1, -0.05) is 12.0 Å². The van der Waals surface area contributed by atoms with E-state index in [4.69, 9.17) is 0 Å². The number of allylic oxidation sites excluding steroid dienone is 1. The fraction of sp³-hybridized carbons (Fsp3) is 0.842. The average molecular weight is 322 g/mol. The van der Waals surface area contributed by atoms with Crippen molar-refractivity contribution >= 4 is 5.91 Å². The molecule has 0 unspecified atom stereocenters. The van der Waals surface area contributed by atoms with E-state index in [1.54, 1.807) is 0 Å². The van der Waals surface area contributed by atoms with Gasteiger partial charge in [-0.05, 0) is 52.6 Å². The fourth-order valence-corrected chi connectivity index (χ4v) is 3.64. The molecule has 1 amide bonds. The predicted molar refractivity (Wildman–Crippen MR) is 96.6 cm³/mol. The standard InChI is InChI=1S/C19H35N3O/c1-17(2)7-8-18(3)21-12-9-19(23)22(16-15-21)14-13-20-10-5-4-6-11-20/h18H,1,4-16H2,2-3H3/t18-/m1/s1. The smallest absolute Gasteiger partial charge is 0.223 e. The predicted octanol–water partition coefficient (Wildman–Crippen LogP) is 2.75. The largest absolute Gasteiger partial charge is 0.340 e. The number of likely N-dealkylation sites (tertiary alicyclic amines) is 1. The van der Waals surface area contributed by atoms with E-state index in [0.29, 0.717) is 18.4 Å². The van der Waals surface area contributed by atoms with Crippen LogP contribution in [-0.4, -0.2) is 72.5 Å². The van der Waals surface area contributed by atoms with Crippen LogP contribution in [0.2, 0.25) is 0 Å².